The van der Waals surface area contributed by atoms with Gasteiger partial charge in [-0.2, -0.15) is 4.36 Å². The predicted molar refractivity (Wildman–Crippen MR) is 133 cm³/mol. The number of nitrogens with zero attached hydrogens (tertiary/aromatic N) is 3. The molecule has 11 heteroatoms. The van der Waals surface area contributed by atoms with Gasteiger partial charge in [0.15, 0.2) is 6.10 Å². The first-order chi connectivity index (χ1) is 16.7. The van der Waals surface area contributed by atoms with Crippen molar-refractivity contribution in [1.82, 2.24) is 9.97 Å². The number of aromatic nitrogens is 2. The van der Waals surface area contributed by atoms with Crippen molar-refractivity contribution in [2.45, 2.75) is 19.1 Å². The lowest BCUT2D eigenvalue weighted by Gasteiger charge is -2.22. The van der Waals surface area contributed by atoms with Crippen LogP contribution in [-0.4, -0.2) is 72.4 Å². The molecule has 0 bridgehead atoms. The zero-order chi connectivity index (χ0) is 25.0. The number of halogens is 1. The number of nitrogens with one attached hydrogen (secondary N) is 1. The quantitative estimate of drug-likeness (QED) is 0.436. The van der Waals surface area contributed by atoms with Crippen LogP contribution in [0, 0.1) is 12.7 Å². The van der Waals surface area contributed by atoms with Crippen molar-refractivity contribution in [3.05, 3.63) is 48.0 Å². The maximum atomic E-state index is 14.2. The van der Waals surface area contributed by atoms with E-state index in [4.69, 9.17) is 18.9 Å². The zero-order valence-electron chi connectivity index (χ0n) is 20.1. The summed E-state index contributed by atoms with van der Waals surface area (Å²) in [5, 5.41) is 4.03. The molecule has 35 heavy (non-hydrogen) atoms. The highest BCUT2D eigenvalue weighted by molar-refractivity contribution is 7.92. The number of aryl methyl sites for hydroxylation is 1. The number of fused-ring (bicyclic) bond motifs is 1. The summed E-state index contributed by atoms with van der Waals surface area (Å²) in [7, 11) is -0.714. The molecule has 188 valence electrons. The van der Waals surface area contributed by atoms with Gasteiger partial charge in [0.1, 0.15) is 29.8 Å². The van der Waals surface area contributed by atoms with Gasteiger partial charge in [-0.1, -0.05) is 0 Å². The number of hydrogen-bond acceptors (Lipinski definition) is 9. The molecule has 1 aromatic heterocycles. The number of rotatable bonds is 9. The van der Waals surface area contributed by atoms with Crippen molar-refractivity contribution in [2.75, 3.05) is 51.4 Å². The van der Waals surface area contributed by atoms with E-state index in [1.54, 1.807) is 31.8 Å². The van der Waals surface area contributed by atoms with E-state index in [0.29, 0.717) is 54.9 Å². The van der Waals surface area contributed by atoms with Crippen molar-refractivity contribution in [1.29, 1.82) is 0 Å². The summed E-state index contributed by atoms with van der Waals surface area (Å²) in [5.41, 5.74) is 2.62. The third kappa shape index (κ3) is 6.43. The Morgan fingerprint density at radius 2 is 1.97 bits per heavy atom. The minimum Gasteiger partial charge on any atom is -0.483 e. The molecule has 3 aromatic rings. The summed E-state index contributed by atoms with van der Waals surface area (Å²) in [6, 6.07) is 7.86. The molecule has 0 saturated carbocycles. The summed E-state index contributed by atoms with van der Waals surface area (Å²) in [6.45, 7) is 3.48. The molecule has 2 unspecified atom stereocenters. The molecule has 0 aliphatic carbocycles. The Labute approximate surface area is 204 Å². The van der Waals surface area contributed by atoms with Crippen molar-refractivity contribution in [3.8, 4) is 5.75 Å². The minimum atomic E-state index is -2.32. The summed E-state index contributed by atoms with van der Waals surface area (Å²) in [6.07, 6.45) is 3.89. The van der Waals surface area contributed by atoms with Gasteiger partial charge < -0.3 is 24.3 Å². The molecule has 9 nitrogen and oxygen atoms in total. The Morgan fingerprint density at radius 1 is 1.17 bits per heavy atom. The number of ether oxygens (including phenoxy) is 4. The van der Waals surface area contributed by atoms with Gasteiger partial charge in [0, 0.05) is 40.8 Å². The fraction of sp³-hybridized carbons (Fsp3) is 0.417. The second-order valence-electron chi connectivity index (χ2n) is 8.51. The van der Waals surface area contributed by atoms with Crippen LogP contribution in [0.2, 0.25) is 0 Å². The van der Waals surface area contributed by atoms with Crippen molar-refractivity contribution < 1.29 is 27.5 Å². The average Bonchev–Trinajstić information content (AvgIpc) is 3.21. The van der Waals surface area contributed by atoms with E-state index >= 15 is 0 Å². The van der Waals surface area contributed by atoms with E-state index in [1.807, 2.05) is 13.0 Å². The Bertz CT molecular complexity index is 1320. The first-order valence-electron chi connectivity index (χ1n) is 11.1. The number of methoxy groups -OCH3 is 1. The van der Waals surface area contributed by atoms with Gasteiger partial charge in [-0.05, 0) is 36.8 Å². The highest BCUT2D eigenvalue weighted by Crippen LogP contribution is 2.34. The van der Waals surface area contributed by atoms with E-state index in [9.17, 15) is 8.60 Å². The van der Waals surface area contributed by atoms with Gasteiger partial charge in [-0.15, -0.1) is 0 Å². The molecule has 1 aliphatic heterocycles. The van der Waals surface area contributed by atoms with Crippen LogP contribution in [0.5, 0.6) is 5.75 Å². The topological polar surface area (TPSA) is 104 Å². The largest absolute Gasteiger partial charge is 0.483 e. The molecule has 2 aromatic carbocycles. The molecule has 1 N–H and O–H groups in total. The smallest absolute Gasteiger partial charge is 0.150 e. The molecule has 0 spiro atoms. The molecule has 1 saturated heterocycles. The molecule has 0 radical (unpaired) electrons. The molecular weight excluding hydrogens is 475 g/mol. The first-order valence-corrected chi connectivity index (χ1v) is 13.4. The van der Waals surface area contributed by atoms with E-state index in [2.05, 4.69) is 19.6 Å². The normalized spacial score (nSPS) is 18.1. The maximum absolute atomic E-state index is 14.2. The van der Waals surface area contributed by atoms with E-state index in [1.165, 1.54) is 18.5 Å². The predicted octanol–water partition coefficient (Wildman–Crippen LogP) is 3.99. The second-order valence-corrected chi connectivity index (χ2v) is 11.1. The van der Waals surface area contributed by atoms with Gasteiger partial charge in [0.2, 0.25) is 0 Å². The van der Waals surface area contributed by atoms with Gasteiger partial charge >= 0.3 is 0 Å². The lowest BCUT2D eigenvalue weighted by Crippen LogP contribution is -2.33. The molecule has 1 fully saturated rings. The SMILES string of the molecule is COCCOC1COCC1Oc1cc(F)ccc1Nc1ncnc2cc(N=S(C)(C)=O)cc(C)c12. The third-order valence-electron chi connectivity index (χ3n) is 5.32. The van der Waals surface area contributed by atoms with Crippen LogP contribution in [0.4, 0.5) is 21.6 Å². The minimum absolute atomic E-state index is 0.294. The van der Waals surface area contributed by atoms with Crippen LogP contribution in [0.25, 0.3) is 10.9 Å². The molecule has 1 aliphatic rings. The van der Waals surface area contributed by atoms with E-state index < -0.39 is 21.7 Å². The standard InChI is InChI=1S/C24H29FN4O5S/c1-15-9-17(29-35(3,4)30)11-19-23(15)24(27-14-26-19)28-18-6-5-16(25)10-20(18)34-22-13-32-12-21(22)33-8-7-31-2/h5-6,9-11,14,21-22H,7-8,12-13H2,1-4H3,(H,26,27,28). The van der Waals surface area contributed by atoms with Crippen LogP contribution in [0.15, 0.2) is 41.0 Å². The molecular formula is C24H29FN4O5S. The molecule has 4 rings (SSSR count). The van der Waals surface area contributed by atoms with Crippen LogP contribution in [0.3, 0.4) is 0 Å². The Kier molecular flexibility index (Phi) is 7.80. The van der Waals surface area contributed by atoms with Crippen LogP contribution < -0.4 is 10.1 Å². The number of anilines is 2. The molecule has 2 heterocycles. The third-order valence-corrected chi connectivity index (χ3v) is 5.97. The Balaban J connectivity index is 1.64. The Morgan fingerprint density at radius 3 is 2.74 bits per heavy atom. The van der Waals surface area contributed by atoms with E-state index in [0.717, 1.165) is 10.9 Å². The van der Waals surface area contributed by atoms with Gasteiger partial charge in [-0.25, -0.2) is 18.6 Å². The lowest BCUT2D eigenvalue weighted by atomic mass is 10.1. The monoisotopic (exact) mass is 504 g/mol. The highest BCUT2D eigenvalue weighted by atomic mass is 32.2. The summed E-state index contributed by atoms with van der Waals surface area (Å²) in [5.74, 6) is 0.410. The van der Waals surface area contributed by atoms with Crippen molar-refractivity contribution in [2.24, 2.45) is 4.36 Å². The lowest BCUT2D eigenvalue weighted by molar-refractivity contribution is -0.0209. The maximum Gasteiger partial charge on any atom is 0.150 e. The molecule has 2 atom stereocenters. The van der Waals surface area contributed by atoms with Gasteiger partial charge in [-0.3, -0.25) is 0 Å². The number of benzene rings is 2. The molecule has 0 amide bonds. The summed E-state index contributed by atoms with van der Waals surface area (Å²) >= 11 is 0. The fourth-order valence-corrected chi connectivity index (χ4v) is 4.44. The van der Waals surface area contributed by atoms with Crippen molar-refractivity contribution >= 4 is 37.8 Å². The van der Waals surface area contributed by atoms with Gasteiger partial charge in [0.25, 0.3) is 0 Å². The average molecular weight is 505 g/mol. The van der Waals surface area contributed by atoms with E-state index in [-0.39, 0.29) is 6.10 Å². The Hall–Kier alpha value is -2.86. The second kappa shape index (κ2) is 10.8. The first kappa shape index (κ1) is 25.2. The van der Waals surface area contributed by atoms with Crippen molar-refractivity contribution in [3.63, 3.8) is 0 Å². The summed E-state index contributed by atoms with van der Waals surface area (Å²) < 4.78 is 53.1. The van der Waals surface area contributed by atoms with Crippen LogP contribution in [0.1, 0.15) is 5.56 Å². The fourth-order valence-electron chi connectivity index (χ4n) is 3.83. The van der Waals surface area contributed by atoms with Gasteiger partial charge in [0.05, 0.1) is 43.3 Å². The highest BCUT2D eigenvalue weighted by Gasteiger charge is 2.31. The summed E-state index contributed by atoms with van der Waals surface area (Å²) in [4.78, 5) is 8.77. The number of hydrogen-bond donors (Lipinski definition) is 1. The zero-order valence-corrected chi connectivity index (χ0v) is 20.9. The van der Waals surface area contributed by atoms with Crippen LogP contribution >= 0.6 is 0 Å². The van der Waals surface area contributed by atoms with Crippen LogP contribution in [-0.2, 0) is 23.9 Å².